The van der Waals surface area contributed by atoms with Gasteiger partial charge in [0.15, 0.2) is 5.75 Å². The van der Waals surface area contributed by atoms with Crippen molar-refractivity contribution in [3.8, 4) is 11.5 Å². The first-order valence-electron chi connectivity index (χ1n) is 5.85. The number of rotatable bonds is 8. The first-order valence-corrected chi connectivity index (χ1v) is 5.85. The number of hydrogen-bond acceptors (Lipinski definition) is 6. The van der Waals surface area contributed by atoms with Gasteiger partial charge >= 0.3 is 11.7 Å². The fourth-order valence-corrected chi connectivity index (χ4v) is 1.59. The molecule has 0 radical (unpaired) electrons. The highest BCUT2D eigenvalue weighted by atomic mass is 16.6. The van der Waals surface area contributed by atoms with Crippen LogP contribution in [0.15, 0.2) is 18.2 Å². The second kappa shape index (κ2) is 7.29. The molecule has 0 aliphatic heterocycles. The lowest BCUT2D eigenvalue weighted by atomic mass is 10.2. The topological polar surface area (TPSA) is 111 Å². The van der Waals surface area contributed by atoms with Gasteiger partial charge in [0, 0.05) is 6.42 Å². The van der Waals surface area contributed by atoms with Gasteiger partial charge in [-0.2, -0.15) is 0 Å². The van der Waals surface area contributed by atoms with E-state index in [4.69, 9.17) is 14.6 Å². The number of benzene rings is 1. The van der Waals surface area contributed by atoms with Crippen molar-refractivity contribution in [1.29, 1.82) is 0 Å². The molecular formula is C12H16N2O6. The molecule has 0 fully saturated rings. The van der Waals surface area contributed by atoms with E-state index in [0.717, 1.165) is 0 Å². The van der Waals surface area contributed by atoms with E-state index in [1.54, 1.807) is 0 Å². The SMILES string of the molecule is CNC(CCOc1ccc(OC)c([N+](=O)[O-])c1)C(=O)O. The Hall–Kier alpha value is -2.35. The number of nitro groups is 1. The number of nitro benzene ring substituents is 1. The minimum Gasteiger partial charge on any atom is -0.493 e. The number of likely N-dealkylation sites (N-methyl/N-ethyl adjacent to an activating group) is 1. The van der Waals surface area contributed by atoms with Crippen LogP contribution in [0.5, 0.6) is 11.5 Å². The Morgan fingerprint density at radius 2 is 2.25 bits per heavy atom. The Balaban J connectivity index is 2.67. The van der Waals surface area contributed by atoms with Gasteiger partial charge in [0.1, 0.15) is 11.8 Å². The van der Waals surface area contributed by atoms with Crippen molar-refractivity contribution in [3.63, 3.8) is 0 Å². The van der Waals surface area contributed by atoms with Gasteiger partial charge in [-0.3, -0.25) is 14.9 Å². The van der Waals surface area contributed by atoms with Crippen LogP contribution >= 0.6 is 0 Å². The molecule has 0 bridgehead atoms. The van der Waals surface area contributed by atoms with Crippen LogP contribution in [-0.2, 0) is 4.79 Å². The van der Waals surface area contributed by atoms with E-state index in [1.807, 2.05) is 0 Å². The van der Waals surface area contributed by atoms with E-state index in [9.17, 15) is 14.9 Å². The van der Waals surface area contributed by atoms with Crippen LogP contribution in [-0.4, -0.2) is 42.8 Å². The number of ether oxygens (including phenoxy) is 2. The van der Waals surface area contributed by atoms with Crippen LogP contribution in [0.1, 0.15) is 6.42 Å². The Labute approximate surface area is 115 Å². The largest absolute Gasteiger partial charge is 0.493 e. The lowest BCUT2D eigenvalue weighted by molar-refractivity contribution is -0.385. The van der Waals surface area contributed by atoms with Crippen LogP contribution in [0, 0.1) is 10.1 Å². The number of methoxy groups -OCH3 is 1. The second-order valence-electron chi connectivity index (χ2n) is 3.91. The van der Waals surface area contributed by atoms with E-state index in [0.29, 0.717) is 0 Å². The molecule has 1 unspecified atom stereocenters. The highest BCUT2D eigenvalue weighted by Crippen LogP contribution is 2.30. The molecule has 20 heavy (non-hydrogen) atoms. The number of nitrogens with one attached hydrogen (secondary N) is 1. The third-order valence-corrected chi connectivity index (χ3v) is 2.67. The van der Waals surface area contributed by atoms with E-state index in [-0.39, 0.29) is 30.2 Å². The summed E-state index contributed by atoms with van der Waals surface area (Å²) in [5.74, 6) is -0.546. The Bertz CT molecular complexity index is 491. The van der Waals surface area contributed by atoms with Crippen LogP contribution < -0.4 is 14.8 Å². The molecule has 1 rings (SSSR count). The summed E-state index contributed by atoms with van der Waals surface area (Å²) in [6.07, 6.45) is 0.242. The van der Waals surface area contributed by atoms with E-state index >= 15 is 0 Å². The fourth-order valence-electron chi connectivity index (χ4n) is 1.59. The van der Waals surface area contributed by atoms with Crippen LogP contribution in [0.3, 0.4) is 0 Å². The highest BCUT2D eigenvalue weighted by molar-refractivity contribution is 5.73. The molecule has 0 aliphatic rings. The van der Waals surface area contributed by atoms with Crippen LogP contribution in [0.25, 0.3) is 0 Å². The number of carboxylic acid groups (broad SMARTS) is 1. The van der Waals surface area contributed by atoms with Crippen LogP contribution in [0.2, 0.25) is 0 Å². The molecule has 0 amide bonds. The minimum atomic E-state index is -0.975. The average Bonchev–Trinajstić information content (AvgIpc) is 2.42. The average molecular weight is 284 g/mol. The normalized spacial score (nSPS) is 11.7. The van der Waals surface area contributed by atoms with Crippen molar-refractivity contribution < 1.29 is 24.3 Å². The molecule has 0 heterocycles. The van der Waals surface area contributed by atoms with Crippen molar-refractivity contribution >= 4 is 11.7 Å². The van der Waals surface area contributed by atoms with Gasteiger partial charge in [0.25, 0.3) is 0 Å². The van der Waals surface area contributed by atoms with Crippen molar-refractivity contribution in [2.45, 2.75) is 12.5 Å². The number of carboxylic acids is 1. The van der Waals surface area contributed by atoms with Gasteiger partial charge in [0.05, 0.1) is 24.7 Å². The van der Waals surface area contributed by atoms with E-state index < -0.39 is 16.9 Å². The van der Waals surface area contributed by atoms with Crippen LogP contribution in [0.4, 0.5) is 5.69 Å². The molecule has 1 aromatic rings. The molecular weight excluding hydrogens is 268 g/mol. The zero-order valence-corrected chi connectivity index (χ0v) is 11.2. The molecule has 8 heteroatoms. The molecule has 0 aromatic heterocycles. The molecule has 8 nitrogen and oxygen atoms in total. The molecule has 0 spiro atoms. The predicted molar refractivity (Wildman–Crippen MR) is 70.2 cm³/mol. The maximum atomic E-state index is 10.8. The highest BCUT2D eigenvalue weighted by Gasteiger charge is 2.17. The van der Waals surface area contributed by atoms with Gasteiger partial charge in [-0.25, -0.2) is 0 Å². The zero-order chi connectivity index (χ0) is 15.1. The summed E-state index contributed by atoms with van der Waals surface area (Å²) < 4.78 is 10.2. The number of aliphatic carboxylic acids is 1. The summed E-state index contributed by atoms with van der Waals surface area (Å²) >= 11 is 0. The van der Waals surface area contributed by atoms with Gasteiger partial charge < -0.3 is 19.9 Å². The molecule has 2 N–H and O–H groups in total. The van der Waals surface area contributed by atoms with E-state index in [2.05, 4.69) is 5.32 Å². The molecule has 110 valence electrons. The maximum Gasteiger partial charge on any atom is 0.320 e. The Morgan fingerprint density at radius 1 is 1.55 bits per heavy atom. The van der Waals surface area contributed by atoms with E-state index in [1.165, 1.54) is 32.4 Å². The fraction of sp³-hybridized carbons (Fsp3) is 0.417. The van der Waals surface area contributed by atoms with Gasteiger partial charge in [-0.15, -0.1) is 0 Å². The molecule has 0 saturated heterocycles. The summed E-state index contributed by atoms with van der Waals surface area (Å²) in [4.78, 5) is 21.0. The van der Waals surface area contributed by atoms with Gasteiger partial charge in [-0.1, -0.05) is 0 Å². The quantitative estimate of drug-likeness (QED) is 0.542. The second-order valence-corrected chi connectivity index (χ2v) is 3.91. The summed E-state index contributed by atoms with van der Waals surface area (Å²) in [6.45, 7) is 0.126. The lowest BCUT2D eigenvalue weighted by Gasteiger charge is -2.12. The molecule has 1 atom stereocenters. The maximum absolute atomic E-state index is 10.8. The molecule has 0 aliphatic carbocycles. The molecule has 1 aromatic carbocycles. The smallest absolute Gasteiger partial charge is 0.320 e. The third kappa shape index (κ3) is 4.09. The third-order valence-electron chi connectivity index (χ3n) is 2.67. The first kappa shape index (κ1) is 15.7. The summed E-state index contributed by atoms with van der Waals surface area (Å²) in [5.41, 5.74) is -0.201. The predicted octanol–water partition coefficient (Wildman–Crippen LogP) is 1.04. The zero-order valence-electron chi connectivity index (χ0n) is 11.2. The standard InChI is InChI=1S/C12H16N2O6/c1-13-9(12(15)16)5-6-20-8-3-4-11(19-2)10(7-8)14(17)18/h3-4,7,9,13H,5-6H2,1-2H3,(H,15,16). The number of nitrogens with zero attached hydrogens (tertiary/aromatic N) is 1. The first-order chi connectivity index (χ1) is 9.49. The number of hydrogen-bond donors (Lipinski definition) is 2. The van der Waals surface area contributed by atoms with Gasteiger partial charge in [0.2, 0.25) is 0 Å². The van der Waals surface area contributed by atoms with Gasteiger partial charge in [-0.05, 0) is 19.2 Å². The minimum absolute atomic E-state index is 0.126. The lowest BCUT2D eigenvalue weighted by Crippen LogP contribution is -2.35. The Kier molecular flexibility index (Phi) is 5.73. The van der Waals surface area contributed by atoms with Crippen molar-refractivity contribution in [2.24, 2.45) is 0 Å². The monoisotopic (exact) mass is 284 g/mol. The summed E-state index contributed by atoms with van der Waals surface area (Å²) in [7, 11) is 2.88. The van der Waals surface area contributed by atoms with Crippen molar-refractivity contribution in [1.82, 2.24) is 5.32 Å². The van der Waals surface area contributed by atoms with Crippen molar-refractivity contribution in [3.05, 3.63) is 28.3 Å². The summed E-state index contributed by atoms with van der Waals surface area (Å²) in [6, 6.07) is 3.48. The summed E-state index contributed by atoms with van der Waals surface area (Å²) in [5, 5.41) is 22.3. The molecule has 0 saturated carbocycles. The number of carbonyl (C=O) groups is 1. The van der Waals surface area contributed by atoms with Crippen molar-refractivity contribution in [2.75, 3.05) is 20.8 Å². The Morgan fingerprint density at radius 3 is 2.75 bits per heavy atom.